The molecule has 1 unspecified atom stereocenters. The summed E-state index contributed by atoms with van der Waals surface area (Å²) in [6.45, 7) is 6.75. The van der Waals surface area contributed by atoms with Crippen molar-refractivity contribution < 1.29 is 9.26 Å². The Morgan fingerprint density at radius 2 is 2.05 bits per heavy atom. The molecule has 0 bridgehead atoms. The molecule has 5 nitrogen and oxygen atoms in total. The third-order valence-corrected chi connectivity index (χ3v) is 3.17. The second-order valence-electron chi connectivity index (χ2n) is 6.15. The maximum atomic E-state index is 5.76. The smallest absolute Gasteiger partial charge is 0.321 e. The van der Waals surface area contributed by atoms with Gasteiger partial charge in [0.15, 0.2) is 5.82 Å². The number of ether oxygens (including phenoxy) is 1. The standard InChI is InChI=1S/C15H19N3O2/c1-15(2,3)17-14-16-13(18-20-14)11-8-10-6-4-5-7-12(10)19-9-11/h4-7,11H,8-9H2,1-3H3,(H,16,17,18). The maximum absolute atomic E-state index is 5.76. The first-order valence-electron chi connectivity index (χ1n) is 6.84. The molecule has 0 saturated heterocycles. The largest absolute Gasteiger partial charge is 0.493 e. The molecule has 1 aromatic carbocycles. The Balaban J connectivity index is 1.75. The summed E-state index contributed by atoms with van der Waals surface area (Å²) in [5.41, 5.74) is 1.10. The van der Waals surface area contributed by atoms with Gasteiger partial charge >= 0.3 is 6.01 Å². The van der Waals surface area contributed by atoms with Gasteiger partial charge in [-0.3, -0.25) is 0 Å². The molecule has 1 aliphatic heterocycles. The molecule has 0 spiro atoms. The van der Waals surface area contributed by atoms with Crippen LogP contribution in [0, 0.1) is 0 Å². The lowest BCUT2D eigenvalue weighted by Crippen LogP contribution is -2.26. The second-order valence-corrected chi connectivity index (χ2v) is 6.15. The maximum Gasteiger partial charge on any atom is 0.321 e. The summed E-state index contributed by atoms with van der Waals surface area (Å²) in [6, 6.07) is 8.54. The van der Waals surface area contributed by atoms with Gasteiger partial charge in [0.05, 0.1) is 12.5 Å². The van der Waals surface area contributed by atoms with Crippen LogP contribution in [0.4, 0.5) is 6.01 Å². The van der Waals surface area contributed by atoms with E-state index in [0.717, 1.165) is 12.2 Å². The number of para-hydroxylation sites is 1. The summed E-state index contributed by atoms with van der Waals surface area (Å²) in [5, 5.41) is 7.25. The Morgan fingerprint density at radius 1 is 1.25 bits per heavy atom. The third-order valence-electron chi connectivity index (χ3n) is 3.17. The minimum Gasteiger partial charge on any atom is -0.493 e. The number of hydrogen-bond acceptors (Lipinski definition) is 5. The van der Waals surface area contributed by atoms with E-state index in [9.17, 15) is 0 Å². The lowest BCUT2D eigenvalue weighted by Gasteiger charge is -2.22. The van der Waals surface area contributed by atoms with E-state index in [1.54, 1.807) is 0 Å². The molecule has 0 saturated carbocycles. The first-order valence-corrected chi connectivity index (χ1v) is 6.84. The SMILES string of the molecule is CC(C)(C)Nc1nc(C2COc3ccccc3C2)no1. The molecule has 0 aliphatic carbocycles. The normalized spacial score (nSPS) is 18.2. The Hall–Kier alpha value is -2.04. The summed E-state index contributed by atoms with van der Waals surface area (Å²) in [5.74, 6) is 1.80. The predicted octanol–water partition coefficient (Wildman–Crippen LogP) is 3.00. The van der Waals surface area contributed by atoms with Crippen molar-refractivity contribution in [1.29, 1.82) is 0 Å². The molecule has 1 N–H and O–H groups in total. The van der Waals surface area contributed by atoms with Crippen LogP contribution in [0.25, 0.3) is 0 Å². The van der Waals surface area contributed by atoms with E-state index in [2.05, 4.69) is 42.3 Å². The highest BCUT2D eigenvalue weighted by Gasteiger charge is 2.26. The van der Waals surface area contributed by atoms with Gasteiger partial charge in [0, 0.05) is 5.54 Å². The van der Waals surface area contributed by atoms with Crippen LogP contribution in [0.5, 0.6) is 5.75 Å². The fourth-order valence-corrected chi connectivity index (χ4v) is 2.27. The molecule has 2 heterocycles. The van der Waals surface area contributed by atoms with Crippen molar-refractivity contribution in [3.05, 3.63) is 35.7 Å². The molecular formula is C15H19N3O2. The summed E-state index contributed by atoms with van der Waals surface area (Å²) < 4.78 is 11.0. The van der Waals surface area contributed by atoms with Gasteiger partial charge in [-0.25, -0.2) is 0 Å². The molecule has 5 heteroatoms. The van der Waals surface area contributed by atoms with Crippen molar-refractivity contribution >= 4 is 6.01 Å². The molecular weight excluding hydrogens is 254 g/mol. The van der Waals surface area contributed by atoms with Gasteiger partial charge in [-0.15, -0.1) is 0 Å². The van der Waals surface area contributed by atoms with Crippen LogP contribution in [0.15, 0.2) is 28.8 Å². The van der Waals surface area contributed by atoms with E-state index >= 15 is 0 Å². The van der Waals surface area contributed by atoms with E-state index < -0.39 is 0 Å². The van der Waals surface area contributed by atoms with Crippen molar-refractivity contribution in [2.75, 3.05) is 11.9 Å². The molecule has 106 valence electrons. The Morgan fingerprint density at radius 3 is 2.85 bits per heavy atom. The zero-order chi connectivity index (χ0) is 14.2. The van der Waals surface area contributed by atoms with Crippen molar-refractivity contribution in [3.8, 4) is 5.75 Å². The highest BCUT2D eigenvalue weighted by Crippen LogP contribution is 2.31. The Kier molecular flexibility index (Phi) is 3.12. The lowest BCUT2D eigenvalue weighted by atomic mass is 9.96. The van der Waals surface area contributed by atoms with Gasteiger partial charge in [0.2, 0.25) is 0 Å². The van der Waals surface area contributed by atoms with E-state index in [1.165, 1.54) is 5.56 Å². The number of nitrogens with one attached hydrogen (secondary N) is 1. The van der Waals surface area contributed by atoms with Gasteiger partial charge in [-0.1, -0.05) is 23.4 Å². The summed E-state index contributed by atoms with van der Waals surface area (Å²) in [6.07, 6.45) is 0.880. The number of aromatic nitrogens is 2. The second kappa shape index (κ2) is 4.81. The van der Waals surface area contributed by atoms with Crippen LogP contribution in [0.2, 0.25) is 0 Å². The average molecular weight is 273 g/mol. The first kappa shape index (κ1) is 13.0. The van der Waals surface area contributed by atoms with Gasteiger partial charge in [0.1, 0.15) is 5.75 Å². The van der Waals surface area contributed by atoms with Crippen LogP contribution >= 0.6 is 0 Å². The quantitative estimate of drug-likeness (QED) is 0.911. The molecule has 20 heavy (non-hydrogen) atoms. The van der Waals surface area contributed by atoms with E-state index in [4.69, 9.17) is 9.26 Å². The molecule has 0 radical (unpaired) electrons. The average Bonchev–Trinajstić information content (AvgIpc) is 2.84. The number of benzene rings is 1. The molecule has 1 aliphatic rings. The summed E-state index contributed by atoms with van der Waals surface area (Å²) in [7, 11) is 0. The van der Waals surface area contributed by atoms with Gasteiger partial charge in [-0.05, 0) is 38.8 Å². The fourth-order valence-electron chi connectivity index (χ4n) is 2.27. The van der Waals surface area contributed by atoms with Crippen LogP contribution in [0.1, 0.15) is 38.1 Å². The zero-order valence-corrected chi connectivity index (χ0v) is 12.0. The van der Waals surface area contributed by atoms with Crippen molar-refractivity contribution in [3.63, 3.8) is 0 Å². The van der Waals surface area contributed by atoms with Gasteiger partial charge in [0.25, 0.3) is 0 Å². The molecule has 1 aromatic heterocycles. The van der Waals surface area contributed by atoms with E-state index in [0.29, 0.717) is 18.4 Å². The van der Waals surface area contributed by atoms with Crippen LogP contribution in [-0.2, 0) is 6.42 Å². The summed E-state index contributed by atoms with van der Waals surface area (Å²) >= 11 is 0. The first-order chi connectivity index (χ1) is 9.51. The number of hydrogen-bond donors (Lipinski definition) is 1. The fraction of sp³-hybridized carbons (Fsp3) is 0.467. The monoisotopic (exact) mass is 273 g/mol. The number of rotatable bonds is 2. The van der Waals surface area contributed by atoms with Gasteiger partial charge < -0.3 is 14.6 Å². The predicted molar refractivity (Wildman–Crippen MR) is 76.1 cm³/mol. The van der Waals surface area contributed by atoms with Crippen molar-refractivity contribution in [1.82, 2.24) is 10.1 Å². The highest BCUT2D eigenvalue weighted by atomic mass is 16.5. The lowest BCUT2D eigenvalue weighted by molar-refractivity contribution is 0.254. The van der Waals surface area contributed by atoms with Crippen molar-refractivity contribution in [2.24, 2.45) is 0 Å². The number of anilines is 1. The highest BCUT2D eigenvalue weighted by molar-refractivity contribution is 5.36. The van der Waals surface area contributed by atoms with Crippen molar-refractivity contribution in [2.45, 2.75) is 38.6 Å². The summed E-state index contributed by atoms with van der Waals surface area (Å²) in [4.78, 5) is 4.42. The Labute approximate surface area is 118 Å². The number of nitrogens with zero attached hydrogens (tertiary/aromatic N) is 2. The molecule has 2 aromatic rings. The van der Waals surface area contributed by atoms with Crippen LogP contribution < -0.4 is 10.1 Å². The minimum absolute atomic E-state index is 0.0978. The molecule has 1 atom stereocenters. The number of fused-ring (bicyclic) bond motifs is 1. The third kappa shape index (κ3) is 2.76. The molecule has 0 fully saturated rings. The van der Waals surface area contributed by atoms with Crippen LogP contribution in [0.3, 0.4) is 0 Å². The van der Waals surface area contributed by atoms with E-state index in [-0.39, 0.29) is 11.5 Å². The minimum atomic E-state index is -0.0978. The van der Waals surface area contributed by atoms with Gasteiger partial charge in [-0.2, -0.15) is 4.98 Å². The van der Waals surface area contributed by atoms with E-state index in [1.807, 2.05) is 18.2 Å². The molecule has 3 rings (SSSR count). The zero-order valence-electron chi connectivity index (χ0n) is 12.0. The molecule has 0 amide bonds. The topological polar surface area (TPSA) is 60.2 Å². The van der Waals surface area contributed by atoms with Crippen LogP contribution in [-0.4, -0.2) is 22.3 Å². The Bertz CT molecular complexity index is 601.